The Bertz CT molecular complexity index is 1440. The van der Waals surface area contributed by atoms with E-state index in [0.717, 1.165) is 40.5 Å². The van der Waals surface area contributed by atoms with Gasteiger partial charge in [0.1, 0.15) is 5.60 Å². The van der Waals surface area contributed by atoms with Crippen molar-refractivity contribution in [3.8, 4) is 0 Å². The second-order valence-corrected chi connectivity index (χ2v) is 13.5. The van der Waals surface area contributed by atoms with Crippen LogP contribution in [-0.4, -0.2) is 66.1 Å². The number of hydrogen-bond donors (Lipinski definition) is 2. The van der Waals surface area contributed by atoms with Gasteiger partial charge >= 0.3 is 6.09 Å². The number of benzene rings is 2. The topological polar surface area (TPSA) is 133 Å². The fourth-order valence-corrected chi connectivity index (χ4v) is 8.41. The number of fused-ring (bicyclic) bond motifs is 2. The molecule has 3 amide bonds. The van der Waals surface area contributed by atoms with Gasteiger partial charge in [0.15, 0.2) is 5.60 Å². The van der Waals surface area contributed by atoms with E-state index in [-0.39, 0.29) is 36.9 Å². The Labute approximate surface area is 233 Å². The predicted octanol–water partition coefficient (Wildman–Crippen LogP) is 2.74. The average molecular weight is 568 g/mol. The molecule has 6 rings (SSSR count). The number of nitrogens with one attached hydrogen (secondary N) is 1. The minimum atomic E-state index is -4.07. The van der Waals surface area contributed by atoms with Crippen molar-refractivity contribution in [2.45, 2.75) is 67.6 Å². The summed E-state index contributed by atoms with van der Waals surface area (Å²) in [5.74, 6) is -2.62. The Hall–Kier alpha value is -3.28. The monoisotopic (exact) mass is 567 g/mol. The summed E-state index contributed by atoms with van der Waals surface area (Å²) < 4.78 is 34.4. The first-order chi connectivity index (χ1) is 19.0. The van der Waals surface area contributed by atoms with Crippen molar-refractivity contribution in [3.05, 3.63) is 60.2 Å². The summed E-state index contributed by atoms with van der Waals surface area (Å²) in [7, 11) is -4.07. The fourth-order valence-electron chi connectivity index (χ4n) is 6.86. The molecule has 40 heavy (non-hydrogen) atoms. The lowest BCUT2D eigenvalue weighted by Gasteiger charge is -2.46. The molecule has 0 unspecified atom stereocenters. The molecule has 4 fully saturated rings. The van der Waals surface area contributed by atoms with Gasteiger partial charge in [0.05, 0.1) is 29.0 Å². The van der Waals surface area contributed by atoms with E-state index in [1.807, 2.05) is 6.92 Å². The summed E-state index contributed by atoms with van der Waals surface area (Å²) in [5, 5.41) is 15.0. The smallest absolute Gasteiger partial charge is 0.408 e. The van der Waals surface area contributed by atoms with Gasteiger partial charge in [-0.25, -0.2) is 13.2 Å². The van der Waals surface area contributed by atoms with E-state index in [1.54, 1.807) is 42.5 Å². The number of carbonyl (C=O) groups is 3. The maximum Gasteiger partial charge on any atom is 0.408 e. The molecule has 0 bridgehead atoms. The van der Waals surface area contributed by atoms with E-state index < -0.39 is 51.0 Å². The number of rotatable bonds is 5. The Morgan fingerprint density at radius 3 is 2.23 bits per heavy atom. The summed E-state index contributed by atoms with van der Waals surface area (Å²) in [6, 6.07) is 14.9. The highest BCUT2D eigenvalue weighted by Gasteiger charge is 2.70. The molecule has 4 aliphatic rings. The summed E-state index contributed by atoms with van der Waals surface area (Å²) in [4.78, 5) is 41.5. The molecule has 11 heteroatoms. The normalized spacial score (nSPS) is 30.8. The number of ether oxygens (including phenoxy) is 1. The van der Waals surface area contributed by atoms with Crippen molar-refractivity contribution in [1.82, 2.24) is 9.62 Å². The molecule has 0 spiro atoms. The van der Waals surface area contributed by atoms with Crippen LogP contribution in [0.2, 0.25) is 0 Å². The highest BCUT2D eigenvalue weighted by molar-refractivity contribution is 7.89. The number of anilines is 1. The molecule has 2 aliphatic heterocycles. The molecule has 212 valence electrons. The molecule has 2 N–H and O–H groups in total. The van der Waals surface area contributed by atoms with Gasteiger partial charge in [-0.2, -0.15) is 4.31 Å². The third kappa shape index (κ3) is 4.31. The van der Waals surface area contributed by atoms with Crippen LogP contribution in [0, 0.1) is 18.8 Å². The largest absolute Gasteiger partial charge is 0.438 e. The van der Waals surface area contributed by atoms with Crippen LogP contribution < -0.4 is 10.2 Å². The Morgan fingerprint density at radius 1 is 0.950 bits per heavy atom. The van der Waals surface area contributed by atoms with Gasteiger partial charge in [0, 0.05) is 19.0 Å². The van der Waals surface area contributed by atoms with Gasteiger partial charge < -0.3 is 15.2 Å². The lowest BCUT2D eigenvalue weighted by molar-refractivity contribution is -0.170. The predicted molar refractivity (Wildman–Crippen MR) is 145 cm³/mol. The van der Waals surface area contributed by atoms with Crippen LogP contribution >= 0.6 is 0 Å². The molecule has 0 aromatic heterocycles. The molecule has 2 saturated carbocycles. The fraction of sp³-hybridized carbons (Fsp3) is 0.483. The minimum absolute atomic E-state index is 0.0495. The summed E-state index contributed by atoms with van der Waals surface area (Å²) in [5.41, 5.74) is -2.26. The van der Waals surface area contributed by atoms with Gasteiger partial charge in [0.25, 0.3) is 0 Å². The number of alkyl carbamates (subject to hydrolysis) is 1. The lowest BCUT2D eigenvalue weighted by atomic mass is 9.65. The molecule has 2 aromatic rings. The van der Waals surface area contributed by atoms with E-state index in [4.69, 9.17) is 4.74 Å². The zero-order chi connectivity index (χ0) is 28.3. The van der Waals surface area contributed by atoms with Gasteiger partial charge in [-0.05, 0) is 50.5 Å². The molecule has 2 saturated heterocycles. The molecule has 2 aliphatic carbocycles. The first-order valence-corrected chi connectivity index (χ1v) is 15.2. The number of amides is 3. The second kappa shape index (κ2) is 9.67. The zero-order valence-corrected chi connectivity index (χ0v) is 23.1. The quantitative estimate of drug-likeness (QED) is 0.531. The molecular formula is C29H33N3O7S. The van der Waals surface area contributed by atoms with Crippen LogP contribution in [-0.2, 0) is 24.3 Å². The van der Waals surface area contributed by atoms with E-state index in [2.05, 4.69) is 5.32 Å². The van der Waals surface area contributed by atoms with Crippen molar-refractivity contribution < 1.29 is 32.6 Å². The number of hydrogen-bond acceptors (Lipinski definition) is 7. The van der Waals surface area contributed by atoms with Crippen molar-refractivity contribution in [2.24, 2.45) is 11.8 Å². The van der Waals surface area contributed by atoms with Crippen molar-refractivity contribution in [3.63, 3.8) is 0 Å². The summed E-state index contributed by atoms with van der Waals surface area (Å²) in [6.07, 6.45) is 2.46. The van der Waals surface area contributed by atoms with Crippen molar-refractivity contribution >= 4 is 33.6 Å². The highest BCUT2D eigenvalue weighted by Crippen LogP contribution is 2.54. The van der Waals surface area contributed by atoms with Crippen LogP contribution in [0.15, 0.2) is 59.5 Å². The van der Waals surface area contributed by atoms with Crippen LogP contribution in [0.1, 0.15) is 44.1 Å². The molecule has 2 aromatic carbocycles. The third-order valence-electron chi connectivity index (χ3n) is 9.02. The van der Waals surface area contributed by atoms with Crippen LogP contribution in [0.25, 0.3) is 0 Å². The molecule has 2 heterocycles. The first kappa shape index (κ1) is 26.9. The average Bonchev–Trinajstić information content (AvgIpc) is 3.59. The van der Waals surface area contributed by atoms with Crippen LogP contribution in [0.4, 0.5) is 10.5 Å². The Kier molecular flexibility index (Phi) is 6.51. The van der Waals surface area contributed by atoms with Gasteiger partial charge in [-0.1, -0.05) is 48.7 Å². The number of nitrogens with zero attached hydrogens (tertiary/aromatic N) is 2. The first-order valence-electron chi connectivity index (χ1n) is 13.7. The van der Waals surface area contributed by atoms with Crippen LogP contribution in [0.3, 0.4) is 0 Å². The number of imide groups is 1. The van der Waals surface area contributed by atoms with Crippen molar-refractivity contribution in [2.75, 3.05) is 18.0 Å². The number of aryl methyl sites for hydroxylation is 1. The third-order valence-corrected chi connectivity index (χ3v) is 10.8. The number of sulfonamides is 1. The zero-order valence-electron chi connectivity index (χ0n) is 22.3. The minimum Gasteiger partial charge on any atom is -0.438 e. The molecule has 4 atom stereocenters. The van der Waals surface area contributed by atoms with E-state index >= 15 is 0 Å². The number of β-amino-alcohol motifs (C(OH)–C–C–N with tert-alkyl or cyclic N) is 1. The maximum absolute atomic E-state index is 13.7. The van der Waals surface area contributed by atoms with E-state index in [9.17, 15) is 27.9 Å². The molecule has 10 nitrogen and oxygen atoms in total. The number of carbonyl (C=O) groups excluding carboxylic acids is 3. The number of aliphatic hydroxyl groups is 1. The van der Waals surface area contributed by atoms with Crippen LogP contribution in [0.5, 0.6) is 0 Å². The maximum atomic E-state index is 13.7. The van der Waals surface area contributed by atoms with Gasteiger partial charge in [-0.15, -0.1) is 0 Å². The number of para-hydroxylation sites is 1. The molecule has 0 radical (unpaired) electrons. The highest BCUT2D eigenvalue weighted by atomic mass is 32.2. The summed E-state index contributed by atoms with van der Waals surface area (Å²) >= 11 is 0. The standard InChI is InChI=1S/C29H33N3O7S/c1-19-11-13-22(14-12-19)40(37,38)31-17-28(36)15-23-24(26(34)32(25(23)33)21-9-3-2-4-10-21)16-29(28,18-31)39-27(35)30-20-7-5-6-8-20/h2-4,9-14,20,23-24,36H,5-8,15-18H2,1H3,(H,30,35)/t23-,24+,28+,29-/m0/s1. The summed E-state index contributed by atoms with van der Waals surface area (Å²) in [6.45, 7) is 1.16. The molecular weight excluding hydrogens is 534 g/mol. The Morgan fingerprint density at radius 2 is 1.57 bits per heavy atom. The second-order valence-electron chi connectivity index (χ2n) is 11.6. The van der Waals surface area contributed by atoms with Gasteiger partial charge in [0.2, 0.25) is 21.8 Å². The van der Waals surface area contributed by atoms with E-state index in [0.29, 0.717) is 5.69 Å². The van der Waals surface area contributed by atoms with E-state index in [1.165, 1.54) is 12.1 Å². The lowest BCUT2D eigenvalue weighted by Crippen LogP contribution is -2.63. The SMILES string of the molecule is Cc1ccc(S(=O)(=O)N2C[C@]3(O)C[C@@H]4C(=O)N(c5ccccc5)C(=O)[C@@H]4C[C@]3(OC(=O)NC3CCCC3)C2)cc1. The van der Waals surface area contributed by atoms with Gasteiger partial charge in [-0.3, -0.25) is 14.5 Å². The Balaban J connectivity index is 1.35. The van der Waals surface area contributed by atoms with Crippen molar-refractivity contribution in [1.29, 1.82) is 0 Å².